The molecule has 1 N–H and O–H groups in total. The van der Waals surface area contributed by atoms with Crippen LogP contribution in [0.5, 0.6) is 0 Å². The monoisotopic (exact) mass is 296 g/mol. The molecule has 1 unspecified atom stereocenters. The lowest BCUT2D eigenvalue weighted by atomic mass is 9.73. The van der Waals surface area contributed by atoms with Crippen molar-refractivity contribution in [2.24, 2.45) is 5.41 Å². The molecule has 1 aliphatic rings. The second-order valence-electron chi connectivity index (χ2n) is 6.31. The molecule has 0 radical (unpaired) electrons. The molecule has 0 aliphatic heterocycles. The molecule has 0 heterocycles. The zero-order valence-electron chi connectivity index (χ0n) is 12.2. The molecule has 0 bridgehead atoms. The minimum absolute atomic E-state index is 0.0300. The Morgan fingerprint density at radius 3 is 2.70 bits per heavy atom. The molecule has 20 heavy (non-hydrogen) atoms. The van der Waals surface area contributed by atoms with Crippen LogP contribution in [0.4, 0.5) is 11.4 Å². The van der Waals surface area contributed by atoms with Gasteiger partial charge in [-0.2, -0.15) is 0 Å². The van der Waals surface area contributed by atoms with E-state index in [-0.39, 0.29) is 16.1 Å². The van der Waals surface area contributed by atoms with Crippen molar-refractivity contribution < 1.29 is 4.92 Å². The highest BCUT2D eigenvalue weighted by molar-refractivity contribution is 6.33. The van der Waals surface area contributed by atoms with Gasteiger partial charge < -0.3 is 5.32 Å². The maximum absolute atomic E-state index is 10.9. The fourth-order valence-corrected chi connectivity index (χ4v) is 3.14. The molecule has 0 saturated heterocycles. The van der Waals surface area contributed by atoms with Crippen LogP contribution in [0.25, 0.3) is 0 Å². The number of hydrogen-bond donors (Lipinski definition) is 1. The Bertz CT molecular complexity index is 529. The van der Waals surface area contributed by atoms with Gasteiger partial charge in [-0.3, -0.25) is 10.1 Å². The average molecular weight is 297 g/mol. The number of benzene rings is 1. The van der Waals surface area contributed by atoms with Crippen LogP contribution >= 0.6 is 11.6 Å². The Labute approximate surface area is 124 Å². The quantitative estimate of drug-likeness (QED) is 0.635. The van der Waals surface area contributed by atoms with Gasteiger partial charge in [0.15, 0.2) is 0 Å². The van der Waals surface area contributed by atoms with E-state index >= 15 is 0 Å². The number of halogens is 1. The predicted molar refractivity (Wildman–Crippen MR) is 82.5 cm³/mol. The highest BCUT2D eigenvalue weighted by atomic mass is 35.5. The molecule has 0 amide bonds. The van der Waals surface area contributed by atoms with Crippen molar-refractivity contribution in [2.75, 3.05) is 5.32 Å². The van der Waals surface area contributed by atoms with Crippen molar-refractivity contribution >= 4 is 23.0 Å². The first-order valence-corrected chi connectivity index (χ1v) is 7.40. The van der Waals surface area contributed by atoms with Gasteiger partial charge in [-0.05, 0) is 36.8 Å². The molecular formula is C15H21ClN2O2. The summed E-state index contributed by atoms with van der Waals surface area (Å²) in [6, 6.07) is 3.60. The summed E-state index contributed by atoms with van der Waals surface area (Å²) in [5.41, 5.74) is 1.97. The van der Waals surface area contributed by atoms with Crippen LogP contribution in [0.15, 0.2) is 12.1 Å². The molecule has 2 rings (SSSR count). The number of nitro groups is 1. The van der Waals surface area contributed by atoms with E-state index in [9.17, 15) is 10.1 Å². The summed E-state index contributed by atoms with van der Waals surface area (Å²) in [5.74, 6) is 0. The SMILES string of the molecule is Cc1cc([N+](=O)[O-])c(Cl)cc1NC1CCCCC1(C)C. The third-order valence-corrected chi connectivity index (χ3v) is 4.63. The van der Waals surface area contributed by atoms with Gasteiger partial charge in [0.25, 0.3) is 5.69 Å². The molecule has 0 aromatic heterocycles. The first-order chi connectivity index (χ1) is 9.31. The number of rotatable bonds is 3. The lowest BCUT2D eigenvalue weighted by molar-refractivity contribution is -0.384. The van der Waals surface area contributed by atoms with Gasteiger partial charge >= 0.3 is 0 Å². The van der Waals surface area contributed by atoms with E-state index in [0.29, 0.717) is 6.04 Å². The van der Waals surface area contributed by atoms with Crippen LogP contribution in [-0.4, -0.2) is 11.0 Å². The highest BCUT2D eigenvalue weighted by Crippen LogP contribution is 2.39. The van der Waals surface area contributed by atoms with E-state index < -0.39 is 4.92 Å². The predicted octanol–water partition coefficient (Wildman–Crippen LogP) is 4.94. The number of hydrogen-bond acceptors (Lipinski definition) is 3. The zero-order chi connectivity index (χ0) is 14.9. The molecule has 1 fully saturated rings. The summed E-state index contributed by atoms with van der Waals surface area (Å²) in [6.07, 6.45) is 4.82. The van der Waals surface area contributed by atoms with Crippen molar-refractivity contribution in [3.8, 4) is 0 Å². The van der Waals surface area contributed by atoms with Gasteiger partial charge in [0.2, 0.25) is 0 Å². The highest BCUT2D eigenvalue weighted by Gasteiger charge is 2.32. The van der Waals surface area contributed by atoms with Gasteiger partial charge in [-0.1, -0.05) is 38.3 Å². The van der Waals surface area contributed by atoms with Crippen LogP contribution in [0.2, 0.25) is 5.02 Å². The summed E-state index contributed by atoms with van der Waals surface area (Å²) in [7, 11) is 0. The smallest absolute Gasteiger partial charge is 0.288 e. The number of aryl methyl sites for hydroxylation is 1. The molecular weight excluding hydrogens is 276 g/mol. The summed E-state index contributed by atoms with van der Waals surface area (Å²) in [5, 5.41) is 14.6. The summed E-state index contributed by atoms with van der Waals surface area (Å²) < 4.78 is 0. The molecule has 110 valence electrons. The van der Waals surface area contributed by atoms with E-state index in [1.807, 2.05) is 6.92 Å². The normalized spacial score (nSPS) is 21.5. The third kappa shape index (κ3) is 3.06. The van der Waals surface area contributed by atoms with Crippen LogP contribution in [0, 0.1) is 22.5 Å². The zero-order valence-corrected chi connectivity index (χ0v) is 13.0. The average Bonchev–Trinajstić information content (AvgIpc) is 2.35. The molecule has 1 aromatic carbocycles. The molecule has 0 spiro atoms. The van der Waals surface area contributed by atoms with Gasteiger partial charge in [0.1, 0.15) is 5.02 Å². The number of anilines is 1. The molecule has 1 aliphatic carbocycles. The Hall–Kier alpha value is -1.29. The lowest BCUT2D eigenvalue weighted by Gasteiger charge is -2.40. The summed E-state index contributed by atoms with van der Waals surface area (Å²) in [6.45, 7) is 6.42. The number of nitrogens with one attached hydrogen (secondary N) is 1. The van der Waals surface area contributed by atoms with E-state index in [0.717, 1.165) is 17.7 Å². The van der Waals surface area contributed by atoms with Crippen molar-refractivity contribution in [1.82, 2.24) is 0 Å². The van der Waals surface area contributed by atoms with Gasteiger partial charge in [-0.25, -0.2) is 0 Å². The van der Waals surface area contributed by atoms with Gasteiger partial charge in [-0.15, -0.1) is 0 Å². The number of nitro benzene ring substituents is 1. The van der Waals surface area contributed by atoms with E-state index in [1.165, 1.54) is 19.3 Å². The van der Waals surface area contributed by atoms with E-state index in [1.54, 1.807) is 12.1 Å². The van der Waals surface area contributed by atoms with Crippen LogP contribution < -0.4 is 5.32 Å². The molecule has 1 aromatic rings. The molecule has 1 atom stereocenters. The second kappa shape index (κ2) is 5.60. The lowest BCUT2D eigenvalue weighted by Crippen LogP contribution is -2.39. The van der Waals surface area contributed by atoms with Gasteiger partial charge in [0.05, 0.1) is 4.92 Å². The van der Waals surface area contributed by atoms with Crippen molar-refractivity contribution in [2.45, 2.75) is 52.5 Å². The summed E-state index contributed by atoms with van der Waals surface area (Å²) >= 11 is 6.00. The van der Waals surface area contributed by atoms with Crippen LogP contribution in [0.1, 0.15) is 45.1 Å². The molecule has 4 nitrogen and oxygen atoms in total. The Morgan fingerprint density at radius 2 is 2.10 bits per heavy atom. The number of nitrogens with zero attached hydrogens (tertiary/aromatic N) is 1. The second-order valence-corrected chi connectivity index (χ2v) is 6.71. The van der Waals surface area contributed by atoms with Crippen molar-refractivity contribution in [1.29, 1.82) is 0 Å². The fourth-order valence-electron chi connectivity index (χ4n) is 2.91. The first kappa shape index (κ1) is 15.1. The minimum atomic E-state index is -0.441. The minimum Gasteiger partial charge on any atom is -0.382 e. The molecule has 1 saturated carbocycles. The summed E-state index contributed by atoms with van der Waals surface area (Å²) in [4.78, 5) is 10.4. The van der Waals surface area contributed by atoms with E-state index in [4.69, 9.17) is 11.6 Å². The van der Waals surface area contributed by atoms with Crippen molar-refractivity contribution in [3.63, 3.8) is 0 Å². The maximum atomic E-state index is 10.9. The van der Waals surface area contributed by atoms with E-state index in [2.05, 4.69) is 19.2 Å². The third-order valence-electron chi connectivity index (χ3n) is 4.33. The van der Waals surface area contributed by atoms with Gasteiger partial charge in [0, 0.05) is 17.8 Å². The maximum Gasteiger partial charge on any atom is 0.288 e. The van der Waals surface area contributed by atoms with Crippen LogP contribution in [-0.2, 0) is 0 Å². The Morgan fingerprint density at radius 1 is 1.40 bits per heavy atom. The largest absolute Gasteiger partial charge is 0.382 e. The first-order valence-electron chi connectivity index (χ1n) is 7.02. The standard InChI is InChI=1S/C15H21ClN2O2/c1-10-8-13(18(19)20)11(16)9-12(10)17-14-6-4-5-7-15(14,2)3/h8-9,14,17H,4-7H2,1-3H3. The Balaban J connectivity index is 2.25. The fraction of sp³-hybridized carbons (Fsp3) is 0.600. The van der Waals surface area contributed by atoms with Crippen LogP contribution in [0.3, 0.4) is 0 Å². The molecule has 5 heteroatoms. The van der Waals surface area contributed by atoms with Crippen molar-refractivity contribution in [3.05, 3.63) is 32.8 Å². The topological polar surface area (TPSA) is 55.2 Å². The Kier molecular flexibility index (Phi) is 4.23.